The van der Waals surface area contributed by atoms with Crippen LogP contribution in [0.2, 0.25) is 0 Å². The van der Waals surface area contributed by atoms with E-state index in [2.05, 4.69) is 67.3 Å². The first kappa shape index (κ1) is 15.3. The first-order valence-corrected chi connectivity index (χ1v) is 8.41. The maximum Gasteiger partial charge on any atom is 0.178 e. The molecule has 0 aromatic heterocycles. The molecule has 3 aromatic rings. The average Bonchev–Trinajstić information content (AvgIpc) is 2.66. The number of rotatable bonds is 1. The Bertz CT molecular complexity index is 987. The molecule has 1 aliphatic rings. The zero-order chi connectivity index (χ0) is 17.1. The molecule has 0 fully saturated rings. The van der Waals surface area contributed by atoms with Crippen molar-refractivity contribution in [3.8, 4) is 17.6 Å². The van der Waals surface area contributed by atoms with Crippen molar-refractivity contribution in [2.24, 2.45) is 0 Å². The molecule has 0 N–H and O–H groups in total. The summed E-state index contributed by atoms with van der Waals surface area (Å²) in [6.45, 7) is 2.08. The molecule has 1 heteroatoms. The lowest BCUT2D eigenvalue weighted by Crippen LogP contribution is -2.17. The minimum Gasteiger partial charge on any atom is -0.473 e. The zero-order valence-electron chi connectivity index (χ0n) is 14.1. The van der Waals surface area contributed by atoms with Crippen molar-refractivity contribution in [2.75, 3.05) is 0 Å². The van der Waals surface area contributed by atoms with E-state index in [0.717, 1.165) is 16.9 Å². The summed E-state index contributed by atoms with van der Waals surface area (Å²) in [5.41, 5.74) is 5.69. The highest BCUT2D eigenvalue weighted by Crippen LogP contribution is 2.35. The summed E-state index contributed by atoms with van der Waals surface area (Å²) in [4.78, 5) is 0. The first-order valence-electron chi connectivity index (χ1n) is 8.41. The molecule has 0 saturated carbocycles. The van der Waals surface area contributed by atoms with Crippen molar-refractivity contribution in [1.29, 1.82) is 0 Å². The van der Waals surface area contributed by atoms with Crippen molar-refractivity contribution >= 4 is 5.57 Å². The number of fused-ring (bicyclic) bond motifs is 1. The molecule has 1 atom stereocenters. The van der Waals surface area contributed by atoms with Crippen molar-refractivity contribution < 1.29 is 4.74 Å². The van der Waals surface area contributed by atoms with Crippen LogP contribution in [0, 0.1) is 18.8 Å². The largest absolute Gasteiger partial charge is 0.473 e. The third-order valence-electron chi connectivity index (χ3n) is 4.21. The van der Waals surface area contributed by atoms with E-state index in [-0.39, 0.29) is 6.10 Å². The summed E-state index contributed by atoms with van der Waals surface area (Å²) < 4.78 is 6.09. The summed E-state index contributed by atoms with van der Waals surface area (Å²) in [7, 11) is 0. The van der Waals surface area contributed by atoms with E-state index in [9.17, 15) is 0 Å². The van der Waals surface area contributed by atoms with Gasteiger partial charge in [0, 0.05) is 11.1 Å². The van der Waals surface area contributed by atoms with Crippen molar-refractivity contribution in [3.63, 3.8) is 0 Å². The molecule has 0 amide bonds. The maximum atomic E-state index is 6.09. The minimum absolute atomic E-state index is 0.259. The van der Waals surface area contributed by atoms with Gasteiger partial charge in [0.25, 0.3) is 0 Å². The molecule has 0 radical (unpaired) electrons. The van der Waals surface area contributed by atoms with Crippen LogP contribution < -0.4 is 4.74 Å². The lowest BCUT2D eigenvalue weighted by Gasteiger charge is -2.22. The van der Waals surface area contributed by atoms with Gasteiger partial charge in [-0.3, -0.25) is 0 Å². The highest BCUT2D eigenvalue weighted by Gasteiger charge is 2.19. The van der Waals surface area contributed by atoms with Gasteiger partial charge in [-0.25, -0.2) is 0 Å². The van der Waals surface area contributed by atoms with Gasteiger partial charge in [-0.05, 0) is 53.8 Å². The van der Waals surface area contributed by atoms with Gasteiger partial charge in [0.1, 0.15) is 5.75 Å². The second-order valence-corrected chi connectivity index (χ2v) is 6.12. The van der Waals surface area contributed by atoms with E-state index >= 15 is 0 Å². The summed E-state index contributed by atoms with van der Waals surface area (Å²) in [5.74, 6) is 7.38. The number of aryl methyl sites for hydroxylation is 1. The molecule has 0 aliphatic carbocycles. The van der Waals surface area contributed by atoms with E-state index in [0.29, 0.717) is 0 Å². The van der Waals surface area contributed by atoms with Crippen LogP contribution in [0.15, 0.2) is 84.9 Å². The fourth-order valence-electron chi connectivity index (χ4n) is 3.02. The first-order chi connectivity index (χ1) is 12.3. The predicted octanol–water partition coefficient (Wildman–Crippen LogP) is 5.24. The average molecular weight is 322 g/mol. The van der Waals surface area contributed by atoms with Gasteiger partial charge < -0.3 is 4.74 Å². The molecule has 0 unspecified atom stereocenters. The standard InChI is InChI=1S/C24H18O/c1-18-8-7-9-19(16-18)14-15-21-17-23(20-10-3-2-4-11-20)22-12-5-6-13-24(22)25-21/h2-13,16-17,21H,1H3/t21-/m1/s1. The van der Waals surface area contributed by atoms with E-state index in [1.807, 2.05) is 36.4 Å². The number of hydrogen-bond acceptors (Lipinski definition) is 1. The SMILES string of the molecule is Cc1cccc(C#C[C@@H]2C=C(c3ccccc3)c3ccccc3O2)c1. The summed E-state index contributed by atoms with van der Waals surface area (Å²) in [5, 5.41) is 0. The van der Waals surface area contributed by atoms with E-state index in [1.165, 1.54) is 16.7 Å². The molecule has 1 aliphatic heterocycles. The molecule has 120 valence electrons. The maximum absolute atomic E-state index is 6.09. The Labute approximate surface area is 148 Å². The predicted molar refractivity (Wildman–Crippen MR) is 102 cm³/mol. The second kappa shape index (κ2) is 6.71. The molecule has 1 heterocycles. The third kappa shape index (κ3) is 3.34. The molecule has 25 heavy (non-hydrogen) atoms. The third-order valence-corrected chi connectivity index (χ3v) is 4.21. The lowest BCUT2D eigenvalue weighted by molar-refractivity contribution is 0.300. The topological polar surface area (TPSA) is 9.23 Å². The Morgan fingerprint density at radius 3 is 2.48 bits per heavy atom. The Balaban J connectivity index is 1.74. The van der Waals surface area contributed by atoms with Crippen LogP contribution in [-0.2, 0) is 0 Å². The Hall–Kier alpha value is -3.24. The van der Waals surface area contributed by atoms with Gasteiger partial charge in [-0.2, -0.15) is 0 Å². The van der Waals surface area contributed by atoms with Crippen LogP contribution in [0.5, 0.6) is 5.75 Å². The zero-order valence-corrected chi connectivity index (χ0v) is 14.1. The van der Waals surface area contributed by atoms with Crippen LogP contribution in [-0.4, -0.2) is 6.10 Å². The fourth-order valence-corrected chi connectivity index (χ4v) is 3.02. The summed E-state index contributed by atoms with van der Waals surface area (Å²) in [6, 6.07) is 26.8. The van der Waals surface area contributed by atoms with Crippen molar-refractivity contribution in [2.45, 2.75) is 13.0 Å². The smallest absolute Gasteiger partial charge is 0.178 e. The number of benzene rings is 3. The molecular weight excluding hydrogens is 304 g/mol. The second-order valence-electron chi connectivity index (χ2n) is 6.12. The van der Waals surface area contributed by atoms with Crippen LogP contribution in [0.4, 0.5) is 0 Å². The molecule has 3 aromatic carbocycles. The minimum atomic E-state index is -0.259. The van der Waals surface area contributed by atoms with Crippen molar-refractivity contribution in [3.05, 3.63) is 107 Å². The van der Waals surface area contributed by atoms with Crippen LogP contribution in [0.3, 0.4) is 0 Å². The van der Waals surface area contributed by atoms with Gasteiger partial charge in [0.2, 0.25) is 0 Å². The van der Waals surface area contributed by atoms with Crippen molar-refractivity contribution in [1.82, 2.24) is 0 Å². The fraction of sp³-hybridized carbons (Fsp3) is 0.0833. The van der Waals surface area contributed by atoms with Gasteiger partial charge >= 0.3 is 0 Å². The number of ether oxygens (including phenoxy) is 1. The molecule has 0 spiro atoms. The van der Waals surface area contributed by atoms with Gasteiger partial charge in [-0.1, -0.05) is 66.6 Å². The highest BCUT2D eigenvalue weighted by molar-refractivity contribution is 5.84. The normalized spacial score (nSPS) is 15.2. The number of para-hydroxylation sites is 1. The monoisotopic (exact) mass is 322 g/mol. The van der Waals surface area contributed by atoms with Gasteiger partial charge in [-0.15, -0.1) is 0 Å². The quantitative estimate of drug-likeness (QED) is 0.557. The molecule has 0 bridgehead atoms. The molecular formula is C24H18O. The lowest BCUT2D eigenvalue weighted by atomic mass is 9.94. The Kier molecular flexibility index (Phi) is 4.11. The molecule has 1 nitrogen and oxygen atoms in total. The van der Waals surface area contributed by atoms with Gasteiger partial charge in [0.05, 0.1) is 0 Å². The van der Waals surface area contributed by atoms with E-state index in [1.54, 1.807) is 0 Å². The van der Waals surface area contributed by atoms with E-state index in [4.69, 9.17) is 4.74 Å². The summed E-state index contributed by atoms with van der Waals surface area (Å²) in [6.07, 6.45) is 1.85. The van der Waals surface area contributed by atoms with Crippen LogP contribution >= 0.6 is 0 Å². The highest BCUT2D eigenvalue weighted by atomic mass is 16.5. The molecule has 4 rings (SSSR count). The Morgan fingerprint density at radius 2 is 1.64 bits per heavy atom. The Morgan fingerprint density at radius 1 is 0.840 bits per heavy atom. The summed E-state index contributed by atoms with van der Waals surface area (Å²) >= 11 is 0. The van der Waals surface area contributed by atoms with Crippen LogP contribution in [0.25, 0.3) is 5.57 Å². The van der Waals surface area contributed by atoms with Crippen LogP contribution in [0.1, 0.15) is 22.3 Å². The van der Waals surface area contributed by atoms with Gasteiger partial charge in [0.15, 0.2) is 6.10 Å². The van der Waals surface area contributed by atoms with E-state index < -0.39 is 0 Å². The molecule has 0 saturated heterocycles. The number of hydrogen-bond donors (Lipinski definition) is 0.